The zero-order valence-corrected chi connectivity index (χ0v) is 16.7. The Balaban J connectivity index is 1.64. The van der Waals surface area contributed by atoms with Crippen LogP contribution >= 0.6 is 0 Å². The molecule has 0 atom stereocenters. The number of unbranched alkanes of at least 4 members (excludes halogenated alkanes) is 2. The van der Waals surface area contributed by atoms with E-state index in [9.17, 15) is 4.79 Å². The van der Waals surface area contributed by atoms with Crippen molar-refractivity contribution in [3.05, 3.63) is 65.2 Å². The van der Waals surface area contributed by atoms with E-state index in [-0.39, 0.29) is 5.97 Å². The summed E-state index contributed by atoms with van der Waals surface area (Å²) < 4.78 is 5.63. The van der Waals surface area contributed by atoms with Gasteiger partial charge >= 0.3 is 5.97 Å². The first kappa shape index (κ1) is 19.7. The zero-order valence-electron chi connectivity index (χ0n) is 16.7. The van der Waals surface area contributed by atoms with Crippen LogP contribution < -0.4 is 4.74 Å². The third-order valence-electron chi connectivity index (χ3n) is 5.91. The molecule has 0 saturated heterocycles. The summed E-state index contributed by atoms with van der Waals surface area (Å²) in [5.41, 5.74) is 3.06. The van der Waals surface area contributed by atoms with Crippen LogP contribution in [0.3, 0.4) is 0 Å². The monoisotopic (exact) mass is 364 g/mol. The van der Waals surface area contributed by atoms with Gasteiger partial charge in [0.1, 0.15) is 5.75 Å². The largest absolute Gasteiger partial charge is 0.423 e. The van der Waals surface area contributed by atoms with E-state index < -0.39 is 0 Å². The van der Waals surface area contributed by atoms with Crippen molar-refractivity contribution in [2.24, 2.45) is 5.92 Å². The molecule has 2 nitrogen and oxygen atoms in total. The fourth-order valence-electron chi connectivity index (χ4n) is 4.25. The highest BCUT2D eigenvalue weighted by molar-refractivity contribution is 5.92. The Morgan fingerprint density at radius 3 is 2.37 bits per heavy atom. The molecule has 1 saturated carbocycles. The molecule has 27 heavy (non-hydrogen) atoms. The third kappa shape index (κ3) is 5.45. The Labute approximate surface area is 164 Å². The number of hydrogen-bond acceptors (Lipinski definition) is 2. The van der Waals surface area contributed by atoms with Gasteiger partial charge in [0.2, 0.25) is 0 Å². The van der Waals surface area contributed by atoms with Crippen LogP contribution in [0.4, 0.5) is 0 Å². The van der Waals surface area contributed by atoms with Gasteiger partial charge in [-0.1, -0.05) is 68.5 Å². The van der Waals surface area contributed by atoms with Crippen LogP contribution in [0.2, 0.25) is 0 Å². The van der Waals surface area contributed by atoms with E-state index in [1.807, 2.05) is 49.4 Å². The Kier molecular flexibility index (Phi) is 7.09. The molecule has 0 N–H and O–H groups in total. The van der Waals surface area contributed by atoms with Crippen LogP contribution in [-0.2, 0) is 0 Å². The highest BCUT2D eigenvalue weighted by atomic mass is 16.5. The standard InChI is InChI=1S/C25H32O2/c1-3-4-5-8-20-13-15-21(16-14-20)23-9-6-7-10-24(23)25(26)27-22-17-11-19(2)12-18-22/h6-7,9-12,17-18,20-21H,3-5,8,13-16H2,1-2H3. The molecule has 0 bridgehead atoms. The van der Waals surface area contributed by atoms with Crippen molar-refractivity contribution in [3.63, 3.8) is 0 Å². The van der Waals surface area contributed by atoms with Crippen molar-refractivity contribution >= 4 is 5.97 Å². The minimum atomic E-state index is -0.237. The molecule has 0 unspecified atom stereocenters. The number of hydrogen-bond donors (Lipinski definition) is 0. The smallest absolute Gasteiger partial charge is 0.343 e. The molecule has 3 rings (SSSR count). The summed E-state index contributed by atoms with van der Waals surface area (Å²) in [6.45, 7) is 4.29. The van der Waals surface area contributed by atoms with E-state index in [1.165, 1.54) is 56.9 Å². The van der Waals surface area contributed by atoms with Gasteiger partial charge in [-0.3, -0.25) is 0 Å². The number of aryl methyl sites for hydroxylation is 1. The molecule has 1 aliphatic carbocycles. The number of carbonyl (C=O) groups excluding carboxylic acids is 1. The molecular weight excluding hydrogens is 332 g/mol. The van der Waals surface area contributed by atoms with Crippen LogP contribution in [0.25, 0.3) is 0 Å². The van der Waals surface area contributed by atoms with Gasteiger partial charge in [0.05, 0.1) is 5.56 Å². The molecule has 0 heterocycles. The van der Waals surface area contributed by atoms with Crippen molar-refractivity contribution in [2.45, 2.75) is 71.1 Å². The first-order valence-electron chi connectivity index (χ1n) is 10.5. The lowest BCUT2D eigenvalue weighted by Crippen LogP contribution is -2.18. The average Bonchev–Trinajstić information content (AvgIpc) is 2.70. The van der Waals surface area contributed by atoms with Crippen LogP contribution in [0, 0.1) is 12.8 Å². The highest BCUT2D eigenvalue weighted by Crippen LogP contribution is 2.39. The number of benzene rings is 2. The van der Waals surface area contributed by atoms with Crippen LogP contribution in [0.1, 0.15) is 85.7 Å². The summed E-state index contributed by atoms with van der Waals surface area (Å²) in [4.78, 5) is 12.8. The molecule has 0 spiro atoms. The van der Waals surface area contributed by atoms with E-state index in [0.717, 1.165) is 17.0 Å². The van der Waals surface area contributed by atoms with Crippen LogP contribution in [0.15, 0.2) is 48.5 Å². The predicted molar refractivity (Wildman–Crippen MR) is 111 cm³/mol. The van der Waals surface area contributed by atoms with Crippen molar-refractivity contribution in [1.82, 2.24) is 0 Å². The Morgan fingerprint density at radius 1 is 0.963 bits per heavy atom. The van der Waals surface area contributed by atoms with Crippen LogP contribution in [0.5, 0.6) is 5.75 Å². The second-order valence-corrected chi connectivity index (χ2v) is 8.00. The van der Waals surface area contributed by atoms with E-state index in [4.69, 9.17) is 4.74 Å². The van der Waals surface area contributed by atoms with Gasteiger partial charge in [-0.2, -0.15) is 0 Å². The predicted octanol–water partition coefficient (Wildman–Crippen LogP) is 7.07. The maximum absolute atomic E-state index is 12.8. The normalized spacial score (nSPS) is 19.6. The third-order valence-corrected chi connectivity index (χ3v) is 5.91. The summed E-state index contributed by atoms with van der Waals surface area (Å²) in [5, 5.41) is 0. The molecular formula is C25H32O2. The van der Waals surface area contributed by atoms with Gasteiger partial charge in [-0.15, -0.1) is 0 Å². The second-order valence-electron chi connectivity index (χ2n) is 8.00. The lowest BCUT2D eigenvalue weighted by Gasteiger charge is -2.29. The summed E-state index contributed by atoms with van der Waals surface area (Å²) in [7, 11) is 0. The SMILES string of the molecule is CCCCCC1CCC(c2ccccc2C(=O)Oc2ccc(C)cc2)CC1. The van der Waals surface area contributed by atoms with E-state index >= 15 is 0 Å². The minimum absolute atomic E-state index is 0.237. The molecule has 0 amide bonds. The molecule has 2 aromatic carbocycles. The number of rotatable bonds is 7. The van der Waals surface area contributed by atoms with Crippen LogP contribution in [-0.4, -0.2) is 5.97 Å². The minimum Gasteiger partial charge on any atom is -0.423 e. The van der Waals surface area contributed by atoms with Gasteiger partial charge in [0, 0.05) is 0 Å². The molecule has 144 valence electrons. The summed E-state index contributed by atoms with van der Waals surface area (Å²) in [6.07, 6.45) is 10.3. The van der Waals surface area contributed by atoms with Crippen molar-refractivity contribution in [3.8, 4) is 5.75 Å². The topological polar surface area (TPSA) is 26.3 Å². The first-order valence-corrected chi connectivity index (χ1v) is 10.5. The quantitative estimate of drug-likeness (QED) is 0.298. The van der Waals surface area contributed by atoms with Gasteiger partial charge in [0.15, 0.2) is 0 Å². The Morgan fingerprint density at radius 2 is 1.67 bits per heavy atom. The maximum atomic E-state index is 12.8. The molecule has 2 aromatic rings. The average molecular weight is 365 g/mol. The van der Waals surface area contributed by atoms with Crippen molar-refractivity contribution in [1.29, 1.82) is 0 Å². The fraction of sp³-hybridized carbons (Fsp3) is 0.480. The first-order chi connectivity index (χ1) is 13.2. The number of carbonyl (C=O) groups is 1. The van der Waals surface area contributed by atoms with Gasteiger partial charge in [-0.25, -0.2) is 4.79 Å². The maximum Gasteiger partial charge on any atom is 0.343 e. The Bertz CT molecular complexity index is 724. The Hall–Kier alpha value is -2.09. The fourth-order valence-corrected chi connectivity index (χ4v) is 4.25. The van der Waals surface area contributed by atoms with Gasteiger partial charge in [-0.05, 0) is 68.2 Å². The molecule has 0 aromatic heterocycles. The molecule has 0 radical (unpaired) electrons. The molecule has 1 aliphatic rings. The number of ether oxygens (including phenoxy) is 1. The molecule has 2 heteroatoms. The summed E-state index contributed by atoms with van der Waals surface area (Å²) in [5.74, 6) is 1.73. The zero-order chi connectivity index (χ0) is 19.1. The number of esters is 1. The van der Waals surface area contributed by atoms with Gasteiger partial charge < -0.3 is 4.74 Å². The lowest BCUT2D eigenvalue weighted by molar-refractivity contribution is 0.0732. The molecule has 1 fully saturated rings. The second kappa shape index (κ2) is 9.73. The lowest BCUT2D eigenvalue weighted by atomic mass is 9.76. The van der Waals surface area contributed by atoms with E-state index in [2.05, 4.69) is 13.0 Å². The van der Waals surface area contributed by atoms with Gasteiger partial charge in [0.25, 0.3) is 0 Å². The highest BCUT2D eigenvalue weighted by Gasteiger charge is 2.25. The van der Waals surface area contributed by atoms with Crippen molar-refractivity contribution in [2.75, 3.05) is 0 Å². The van der Waals surface area contributed by atoms with Crippen molar-refractivity contribution < 1.29 is 9.53 Å². The molecule has 0 aliphatic heterocycles. The van der Waals surface area contributed by atoms with E-state index in [0.29, 0.717) is 11.7 Å². The summed E-state index contributed by atoms with van der Waals surface area (Å²) >= 11 is 0. The summed E-state index contributed by atoms with van der Waals surface area (Å²) in [6, 6.07) is 15.7. The van der Waals surface area contributed by atoms with E-state index in [1.54, 1.807) is 0 Å².